The number of aromatic amines is 1. The van der Waals surface area contributed by atoms with Crippen molar-refractivity contribution in [2.24, 2.45) is 39.8 Å². The second kappa shape index (κ2) is 31.4. The molecule has 22 N–H and O–H groups in total. The molecular formula is C46H70N14O17. The lowest BCUT2D eigenvalue weighted by atomic mass is 9.99. The summed E-state index contributed by atoms with van der Waals surface area (Å²) >= 11 is 0. The third-order valence-electron chi connectivity index (χ3n) is 11.5. The molecule has 0 unspecified atom stereocenters. The Kier molecular flexibility index (Phi) is 26.4. The Bertz CT molecular complexity index is 2480. The number of benzene rings is 1. The van der Waals surface area contributed by atoms with Crippen molar-refractivity contribution in [1.82, 2.24) is 47.5 Å². The first-order valence-electron chi connectivity index (χ1n) is 24.1. The Labute approximate surface area is 440 Å². The average molecular weight is 1090 g/mol. The summed E-state index contributed by atoms with van der Waals surface area (Å²) in [5.41, 5.74) is 22.8. The van der Waals surface area contributed by atoms with Crippen LogP contribution in [-0.2, 0) is 64.0 Å². The highest BCUT2D eigenvalue weighted by molar-refractivity contribution is 6.00. The van der Waals surface area contributed by atoms with Gasteiger partial charge in [0.05, 0.1) is 32.1 Å². The standard InChI is InChI=1S/C46H70N14O17/c1-20(2)35(44(75)60-36(21(3)4)45(76)77)59-41(72)29(16-34(66)67)56-43(74)31(19-62)58-38(69)26(10-7-13-51-46(49)50)53-40(71)28(15-33(64)65)55-39(70)27(14-22-17-52-25-9-6-5-8-23(22)25)54-42(73)30(18-61)57-37(68)24(47)11-12-32(48)63/h5-6,8-9,17,20-21,24,26-31,35-36,52,61-62H,7,10-16,18-19,47H2,1-4H3,(H2,48,63)(H,53,71)(H,54,73)(H,55,70)(H,56,74)(H,57,68)(H,58,69)(H,59,72)(H,60,75)(H,64,65)(H,66,67)(H,76,77)(H4,49,50,51)/t24-,26-,27-,28-,29-,30-,31-,35-,36-/m0/s1. The van der Waals surface area contributed by atoms with Crippen molar-refractivity contribution in [3.63, 3.8) is 0 Å². The molecule has 0 spiro atoms. The number of aromatic nitrogens is 1. The number of carboxylic acid groups (broad SMARTS) is 3. The number of carboxylic acids is 3. The van der Waals surface area contributed by atoms with E-state index in [1.165, 1.54) is 33.9 Å². The maximum absolute atomic E-state index is 14.2. The number of nitrogens with one attached hydrogen (secondary N) is 9. The first-order valence-corrected chi connectivity index (χ1v) is 24.1. The van der Waals surface area contributed by atoms with Crippen LogP contribution in [0.1, 0.15) is 71.8 Å². The lowest BCUT2D eigenvalue weighted by molar-refractivity contribution is -0.144. The van der Waals surface area contributed by atoms with Crippen LogP contribution in [0, 0.1) is 11.8 Å². The van der Waals surface area contributed by atoms with E-state index in [1.807, 2.05) is 0 Å². The fourth-order valence-electron chi connectivity index (χ4n) is 7.27. The number of H-pyrrole nitrogens is 1. The van der Waals surface area contributed by atoms with Crippen molar-refractivity contribution in [2.75, 3.05) is 19.8 Å². The van der Waals surface area contributed by atoms with Gasteiger partial charge in [0.1, 0.15) is 48.3 Å². The zero-order chi connectivity index (χ0) is 58.3. The van der Waals surface area contributed by atoms with E-state index < -0.39 is 163 Å². The van der Waals surface area contributed by atoms with Crippen LogP contribution in [0.15, 0.2) is 35.5 Å². The fraction of sp³-hybridized carbons (Fsp3) is 0.543. The molecule has 0 saturated heterocycles. The Morgan fingerprint density at radius 1 is 0.558 bits per heavy atom. The number of aliphatic carboxylic acids is 3. The number of nitrogens with zero attached hydrogens (tertiary/aromatic N) is 1. The van der Waals surface area contributed by atoms with Gasteiger partial charge in [0.15, 0.2) is 5.96 Å². The largest absolute Gasteiger partial charge is 0.481 e. The van der Waals surface area contributed by atoms with Crippen LogP contribution in [0.4, 0.5) is 0 Å². The molecule has 0 aliphatic carbocycles. The van der Waals surface area contributed by atoms with Gasteiger partial charge in [-0.3, -0.25) is 57.7 Å². The van der Waals surface area contributed by atoms with Crippen LogP contribution >= 0.6 is 0 Å². The van der Waals surface area contributed by atoms with E-state index in [-0.39, 0.29) is 44.6 Å². The van der Waals surface area contributed by atoms with E-state index in [0.717, 1.165) is 0 Å². The zero-order valence-electron chi connectivity index (χ0n) is 42.7. The Hall–Kier alpha value is -8.45. The molecule has 0 bridgehead atoms. The Morgan fingerprint density at radius 3 is 1.49 bits per heavy atom. The van der Waals surface area contributed by atoms with Gasteiger partial charge in [-0.1, -0.05) is 45.9 Å². The molecule has 31 nitrogen and oxygen atoms in total. The molecule has 1 heterocycles. The third-order valence-corrected chi connectivity index (χ3v) is 11.5. The summed E-state index contributed by atoms with van der Waals surface area (Å²) in [6.07, 6.45) is -2.04. The Morgan fingerprint density at radius 2 is 1.00 bits per heavy atom. The van der Waals surface area contributed by atoms with Crippen molar-refractivity contribution in [3.05, 3.63) is 36.0 Å². The van der Waals surface area contributed by atoms with E-state index in [9.17, 15) is 83.1 Å². The van der Waals surface area contributed by atoms with E-state index in [1.54, 1.807) is 24.3 Å². The number of hydrogen-bond donors (Lipinski definition) is 18. The average Bonchev–Trinajstić information content (AvgIpc) is 3.76. The summed E-state index contributed by atoms with van der Waals surface area (Å²) in [5.74, 6) is -16.4. The quantitative estimate of drug-likeness (QED) is 0.0176. The minimum Gasteiger partial charge on any atom is -0.481 e. The summed E-state index contributed by atoms with van der Waals surface area (Å²) in [7, 11) is 0. The number of aliphatic hydroxyl groups excluding tert-OH is 2. The fourth-order valence-corrected chi connectivity index (χ4v) is 7.27. The van der Waals surface area contributed by atoms with E-state index in [4.69, 9.17) is 22.9 Å². The number of para-hydroxylation sites is 1. The number of aliphatic imine (C=N–C) groups is 1. The van der Waals surface area contributed by atoms with Gasteiger partial charge >= 0.3 is 17.9 Å². The number of fused-ring (bicyclic) bond motifs is 1. The lowest BCUT2D eigenvalue weighted by Crippen LogP contribution is -2.61. The highest BCUT2D eigenvalue weighted by Crippen LogP contribution is 2.20. The molecule has 0 aliphatic heterocycles. The van der Waals surface area contributed by atoms with Gasteiger partial charge in [-0.05, 0) is 42.7 Å². The van der Waals surface area contributed by atoms with Gasteiger partial charge in [-0.25, -0.2) is 4.79 Å². The van der Waals surface area contributed by atoms with Gasteiger partial charge in [-0.15, -0.1) is 0 Å². The van der Waals surface area contributed by atoms with Gasteiger partial charge in [0.2, 0.25) is 53.2 Å². The van der Waals surface area contributed by atoms with Crippen LogP contribution in [-0.4, -0.2) is 182 Å². The SMILES string of the molecule is CC(C)[C@H](NC(=O)[C@@H](NC(=O)[C@H](CC(=O)O)NC(=O)[C@H](CO)NC(=O)[C@H](CCCN=C(N)N)NC(=O)[C@H](CC(=O)O)NC(=O)[C@H](Cc1c[nH]c2ccccc12)NC(=O)[C@H](CO)NC(=O)[C@@H](N)CCC(N)=O)C(C)C)C(=O)O. The van der Waals surface area contributed by atoms with Crippen molar-refractivity contribution >= 4 is 87.9 Å². The van der Waals surface area contributed by atoms with Crippen molar-refractivity contribution < 1.29 is 83.1 Å². The summed E-state index contributed by atoms with van der Waals surface area (Å²) < 4.78 is 0. The van der Waals surface area contributed by atoms with Crippen LogP contribution in [0.2, 0.25) is 0 Å². The predicted molar refractivity (Wildman–Crippen MR) is 270 cm³/mol. The van der Waals surface area contributed by atoms with Gasteiger partial charge < -0.3 is 96.0 Å². The molecule has 0 saturated carbocycles. The molecule has 0 fully saturated rings. The first-order chi connectivity index (χ1) is 36.1. The van der Waals surface area contributed by atoms with E-state index >= 15 is 0 Å². The number of nitrogens with two attached hydrogens (primary N) is 4. The van der Waals surface area contributed by atoms with Crippen LogP contribution in [0.5, 0.6) is 0 Å². The highest BCUT2D eigenvalue weighted by Gasteiger charge is 2.37. The predicted octanol–water partition coefficient (Wildman–Crippen LogP) is -6.43. The second-order valence-corrected chi connectivity index (χ2v) is 18.4. The Balaban J connectivity index is 2.46. The van der Waals surface area contributed by atoms with E-state index in [0.29, 0.717) is 16.5 Å². The molecule has 31 heteroatoms. The third kappa shape index (κ3) is 21.7. The van der Waals surface area contributed by atoms with Gasteiger partial charge in [0.25, 0.3) is 0 Å². The summed E-state index contributed by atoms with van der Waals surface area (Å²) in [6.45, 7) is 3.63. The zero-order valence-corrected chi connectivity index (χ0v) is 42.7. The molecule has 1 aromatic carbocycles. The monoisotopic (exact) mass is 1090 g/mol. The number of rotatable bonds is 34. The van der Waals surface area contributed by atoms with Crippen molar-refractivity contribution in [2.45, 2.75) is 127 Å². The molecule has 2 aromatic rings. The van der Waals surface area contributed by atoms with Gasteiger partial charge in [0, 0.05) is 36.5 Å². The molecule has 77 heavy (non-hydrogen) atoms. The van der Waals surface area contributed by atoms with Gasteiger partial charge in [-0.2, -0.15) is 0 Å². The number of guanidine groups is 1. The summed E-state index contributed by atoms with van der Waals surface area (Å²) in [5, 5.41) is 67.9. The highest BCUT2D eigenvalue weighted by atomic mass is 16.4. The van der Waals surface area contributed by atoms with Crippen molar-refractivity contribution in [1.29, 1.82) is 0 Å². The maximum atomic E-state index is 14.2. The normalized spacial score (nSPS) is 14.6. The number of amides is 9. The molecule has 2 rings (SSSR count). The number of carbonyl (C=O) groups excluding carboxylic acids is 9. The molecule has 0 radical (unpaired) electrons. The molecule has 9 atom stereocenters. The van der Waals surface area contributed by atoms with Crippen molar-refractivity contribution in [3.8, 4) is 0 Å². The number of aliphatic hydroxyl groups is 2. The molecule has 0 aliphatic rings. The van der Waals surface area contributed by atoms with Crippen LogP contribution in [0.3, 0.4) is 0 Å². The molecule has 1 aromatic heterocycles. The molecular weight excluding hydrogens is 1020 g/mol. The summed E-state index contributed by atoms with van der Waals surface area (Å²) in [4.78, 5) is 162. The van der Waals surface area contributed by atoms with Crippen LogP contribution in [0.25, 0.3) is 10.9 Å². The number of carbonyl (C=O) groups is 12. The first kappa shape index (κ1) is 64.7. The number of hydrogen-bond acceptors (Lipinski definition) is 16. The molecule has 9 amide bonds. The topological polar surface area (TPSA) is 534 Å². The lowest BCUT2D eigenvalue weighted by Gasteiger charge is -2.28. The minimum absolute atomic E-state index is 0.0879. The van der Waals surface area contributed by atoms with E-state index in [2.05, 4.69) is 52.5 Å². The van der Waals surface area contributed by atoms with Crippen LogP contribution < -0.4 is 65.5 Å². The second-order valence-electron chi connectivity index (χ2n) is 18.4. The maximum Gasteiger partial charge on any atom is 0.326 e. The number of primary amides is 1. The molecule has 426 valence electrons. The summed E-state index contributed by atoms with van der Waals surface area (Å²) in [6, 6.07) is -8.55. The minimum atomic E-state index is -2.03. The smallest absolute Gasteiger partial charge is 0.326 e.